The third kappa shape index (κ3) is 4.82. The van der Waals surface area contributed by atoms with Gasteiger partial charge in [-0.25, -0.2) is 4.79 Å². The minimum absolute atomic E-state index is 0.336. The van der Waals surface area contributed by atoms with Gasteiger partial charge in [0, 0.05) is 32.7 Å². The van der Waals surface area contributed by atoms with Crippen LogP contribution in [0.1, 0.15) is 20.8 Å². The predicted molar refractivity (Wildman–Crippen MR) is 71.7 cm³/mol. The monoisotopic (exact) mass is 275 g/mol. The van der Waals surface area contributed by atoms with Gasteiger partial charge in [0.1, 0.15) is 5.38 Å². The maximum atomic E-state index is 11.8. The maximum absolute atomic E-state index is 11.8. The Labute approximate surface area is 113 Å². The molecule has 0 saturated carbocycles. The summed E-state index contributed by atoms with van der Waals surface area (Å²) in [6.45, 7) is 9.98. The fourth-order valence-corrected chi connectivity index (χ4v) is 1.99. The van der Waals surface area contributed by atoms with E-state index in [4.69, 9.17) is 11.6 Å². The second-order valence-electron chi connectivity index (χ2n) is 5.09. The van der Waals surface area contributed by atoms with E-state index >= 15 is 0 Å². The Balaban J connectivity index is 2.34. The highest BCUT2D eigenvalue weighted by Gasteiger charge is 2.23. The molecule has 1 aliphatic rings. The smallest absolute Gasteiger partial charge is 0.322 e. The van der Waals surface area contributed by atoms with Crippen LogP contribution in [-0.2, 0) is 4.79 Å². The van der Waals surface area contributed by atoms with Crippen molar-refractivity contribution >= 4 is 23.5 Å². The highest BCUT2D eigenvalue weighted by atomic mass is 35.5. The van der Waals surface area contributed by atoms with Crippen molar-refractivity contribution in [3.05, 3.63) is 0 Å². The highest BCUT2D eigenvalue weighted by molar-refractivity contribution is 6.31. The van der Waals surface area contributed by atoms with Crippen LogP contribution in [0.4, 0.5) is 4.79 Å². The summed E-state index contributed by atoms with van der Waals surface area (Å²) in [6.07, 6.45) is 0. The van der Waals surface area contributed by atoms with Crippen molar-refractivity contribution < 1.29 is 9.59 Å². The molecular formula is C12H22ClN3O2. The van der Waals surface area contributed by atoms with E-state index in [1.807, 2.05) is 0 Å². The van der Waals surface area contributed by atoms with Gasteiger partial charge in [-0.3, -0.25) is 15.0 Å². The van der Waals surface area contributed by atoms with Gasteiger partial charge in [-0.1, -0.05) is 13.8 Å². The number of imide groups is 1. The lowest BCUT2D eigenvalue weighted by Crippen LogP contribution is -2.53. The molecule has 1 saturated heterocycles. The molecule has 0 aromatic rings. The van der Waals surface area contributed by atoms with Gasteiger partial charge >= 0.3 is 6.03 Å². The highest BCUT2D eigenvalue weighted by Crippen LogP contribution is 2.05. The van der Waals surface area contributed by atoms with Crippen molar-refractivity contribution in [1.82, 2.24) is 15.1 Å². The van der Waals surface area contributed by atoms with E-state index in [-0.39, 0.29) is 6.03 Å². The zero-order chi connectivity index (χ0) is 13.7. The van der Waals surface area contributed by atoms with Crippen molar-refractivity contribution in [1.29, 1.82) is 0 Å². The molecule has 0 radical (unpaired) electrons. The third-order valence-corrected chi connectivity index (χ3v) is 3.07. The number of nitrogens with zero attached hydrogens (tertiary/aromatic N) is 2. The predicted octanol–water partition coefficient (Wildman–Crippen LogP) is 1.12. The van der Waals surface area contributed by atoms with Crippen molar-refractivity contribution in [2.45, 2.75) is 26.1 Å². The van der Waals surface area contributed by atoms with Crippen LogP contribution < -0.4 is 5.32 Å². The lowest BCUT2D eigenvalue weighted by molar-refractivity contribution is -0.119. The zero-order valence-electron chi connectivity index (χ0n) is 11.3. The summed E-state index contributed by atoms with van der Waals surface area (Å²) in [5, 5.41) is 1.62. The molecule has 0 aromatic heterocycles. The van der Waals surface area contributed by atoms with Crippen LogP contribution in [0.25, 0.3) is 0 Å². The Morgan fingerprint density at radius 3 is 2.17 bits per heavy atom. The number of piperazine rings is 1. The van der Waals surface area contributed by atoms with Gasteiger partial charge in [-0.05, 0) is 12.8 Å². The standard InChI is InChI=1S/C12H22ClN3O2/c1-9(2)8-15-4-6-16(7-5-15)12(18)14-11(17)10(3)13/h9-10H,4-8H2,1-3H3,(H,14,17,18). The molecule has 0 spiro atoms. The van der Waals surface area contributed by atoms with Gasteiger partial charge in [0.2, 0.25) is 5.91 Å². The molecule has 0 bridgehead atoms. The third-order valence-electron chi connectivity index (χ3n) is 2.87. The second-order valence-corrected chi connectivity index (χ2v) is 5.75. The molecule has 1 atom stereocenters. The Morgan fingerprint density at radius 1 is 1.17 bits per heavy atom. The lowest BCUT2D eigenvalue weighted by atomic mass is 10.2. The van der Waals surface area contributed by atoms with Gasteiger partial charge in [0.15, 0.2) is 0 Å². The van der Waals surface area contributed by atoms with Gasteiger partial charge < -0.3 is 4.90 Å². The van der Waals surface area contributed by atoms with Gasteiger partial charge in [0.05, 0.1) is 0 Å². The van der Waals surface area contributed by atoms with Crippen molar-refractivity contribution in [3.8, 4) is 0 Å². The number of carbonyl (C=O) groups is 2. The SMILES string of the molecule is CC(C)CN1CCN(C(=O)NC(=O)C(C)Cl)CC1. The summed E-state index contributed by atoms with van der Waals surface area (Å²) in [4.78, 5) is 27.1. The van der Waals surface area contributed by atoms with Gasteiger partial charge in [0.25, 0.3) is 0 Å². The number of halogens is 1. The average molecular weight is 276 g/mol. The topological polar surface area (TPSA) is 52.6 Å². The van der Waals surface area contributed by atoms with Crippen LogP contribution >= 0.6 is 11.6 Å². The van der Waals surface area contributed by atoms with Gasteiger partial charge in [-0.2, -0.15) is 0 Å². The Kier molecular flexibility index (Phi) is 5.88. The van der Waals surface area contributed by atoms with Crippen LogP contribution in [0.3, 0.4) is 0 Å². The van der Waals surface area contributed by atoms with E-state index in [9.17, 15) is 9.59 Å². The van der Waals surface area contributed by atoms with Crippen LogP contribution in [0.2, 0.25) is 0 Å². The molecule has 0 aromatic carbocycles. The Bertz CT molecular complexity index is 300. The maximum Gasteiger partial charge on any atom is 0.324 e. The largest absolute Gasteiger partial charge is 0.324 e. The van der Waals surface area contributed by atoms with E-state index in [0.717, 1.165) is 19.6 Å². The molecule has 1 fully saturated rings. The summed E-state index contributed by atoms with van der Waals surface area (Å²) in [5.41, 5.74) is 0. The van der Waals surface area contributed by atoms with Crippen molar-refractivity contribution in [2.75, 3.05) is 32.7 Å². The summed E-state index contributed by atoms with van der Waals surface area (Å²) in [7, 11) is 0. The summed E-state index contributed by atoms with van der Waals surface area (Å²) < 4.78 is 0. The lowest BCUT2D eigenvalue weighted by Gasteiger charge is -2.35. The van der Waals surface area contributed by atoms with Crippen molar-refractivity contribution in [3.63, 3.8) is 0 Å². The molecule has 1 unspecified atom stereocenters. The van der Waals surface area contributed by atoms with Crippen LogP contribution in [0.5, 0.6) is 0 Å². The minimum Gasteiger partial charge on any atom is -0.322 e. The van der Waals surface area contributed by atoms with E-state index < -0.39 is 11.3 Å². The molecular weight excluding hydrogens is 254 g/mol. The summed E-state index contributed by atoms with van der Waals surface area (Å²) >= 11 is 5.60. The second kappa shape index (κ2) is 6.95. The fraction of sp³-hybridized carbons (Fsp3) is 0.833. The van der Waals surface area contributed by atoms with Crippen LogP contribution in [0.15, 0.2) is 0 Å². The molecule has 0 aliphatic carbocycles. The first-order valence-corrected chi connectivity index (χ1v) is 6.80. The van der Waals surface area contributed by atoms with Crippen LogP contribution in [-0.4, -0.2) is 59.8 Å². The zero-order valence-corrected chi connectivity index (χ0v) is 12.0. The van der Waals surface area contributed by atoms with E-state index in [1.54, 1.807) is 11.8 Å². The molecule has 1 aliphatic heterocycles. The first-order chi connectivity index (χ1) is 8.40. The molecule has 1 heterocycles. The number of amides is 3. The number of nitrogens with one attached hydrogen (secondary N) is 1. The molecule has 104 valence electrons. The number of rotatable bonds is 3. The number of alkyl halides is 1. The molecule has 18 heavy (non-hydrogen) atoms. The Hall–Kier alpha value is -0.810. The molecule has 1 rings (SSSR count). The molecule has 3 amide bonds. The summed E-state index contributed by atoms with van der Waals surface area (Å²) in [6, 6.07) is -0.336. The fourth-order valence-electron chi connectivity index (χ4n) is 1.93. The van der Waals surface area contributed by atoms with E-state index in [2.05, 4.69) is 24.1 Å². The van der Waals surface area contributed by atoms with Crippen molar-refractivity contribution in [2.24, 2.45) is 5.92 Å². The van der Waals surface area contributed by atoms with Crippen LogP contribution in [0, 0.1) is 5.92 Å². The summed E-state index contributed by atoms with van der Waals surface area (Å²) in [5.74, 6) is 0.190. The quantitative estimate of drug-likeness (QED) is 0.786. The minimum atomic E-state index is -0.684. The molecule has 6 heteroatoms. The first kappa shape index (κ1) is 15.2. The molecule has 1 N–H and O–H groups in total. The normalized spacial score (nSPS) is 18.8. The Morgan fingerprint density at radius 2 is 1.72 bits per heavy atom. The number of hydrogen-bond acceptors (Lipinski definition) is 3. The number of hydrogen-bond donors (Lipinski definition) is 1. The van der Waals surface area contributed by atoms with Gasteiger partial charge in [-0.15, -0.1) is 11.6 Å². The van der Waals surface area contributed by atoms with E-state index in [1.165, 1.54) is 0 Å². The number of urea groups is 1. The molecule has 5 nitrogen and oxygen atoms in total. The average Bonchev–Trinajstić information content (AvgIpc) is 2.28. The first-order valence-electron chi connectivity index (χ1n) is 6.36. The van der Waals surface area contributed by atoms with E-state index in [0.29, 0.717) is 19.0 Å². The number of carbonyl (C=O) groups excluding carboxylic acids is 2.